The monoisotopic (exact) mass is 444 g/mol. The minimum absolute atomic E-state index is 0.0431. The predicted molar refractivity (Wildman–Crippen MR) is 116 cm³/mol. The third kappa shape index (κ3) is 4.83. The van der Waals surface area contributed by atoms with Gasteiger partial charge in [0, 0.05) is 12.6 Å². The van der Waals surface area contributed by atoms with E-state index >= 15 is 0 Å². The first kappa shape index (κ1) is 22.2. The van der Waals surface area contributed by atoms with Gasteiger partial charge >= 0.3 is 5.97 Å². The number of methoxy groups -OCH3 is 2. The molecule has 2 aromatic rings. The summed E-state index contributed by atoms with van der Waals surface area (Å²) in [4.78, 5) is 27.0. The van der Waals surface area contributed by atoms with Gasteiger partial charge in [0.2, 0.25) is 0 Å². The smallest absolute Gasteiger partial charge is 0.325 e. The van der Waals surface area contributed by atoms with Gasteiger partial charge in [-0.05, 0) is 42.1 Å². The Bertz CT molecular complexity index is 1060. The summed E-state index contributed by atoms with van der Waals surface area (Å²) in [6.07, 6.45) is 1.63. The number of esters is 1. The molecule has 31 heavy (non-hydrogen) atoms. The minimum atomic E-state index is -0.566. The summed E-state index contributed by atoms with van der Waals surface area (Å²) < 4.78 is 29.5. The van der Waals surface area contributed by atoms with Gasteiger partial charge in [-0.1, -0.05) is 24.3 Å². The average Bonchev–Trinajstić information content (AvgIpc) is 2.97. The van der Waals surface area contributed by atoms with Crippen LogP contribution in [0.1, 0.15) is 11.1 Å². The van der Waals surface area contributed by atoms with Crippen LogP contribution in [0.2, 0.25) is 0 Å². The second kappa shape index (κ2) is 9.57. The standard InChI is InChI=1S/C22H21FN2O5S/c1-24-17(21(27)25(22(24)31)12-20(26)29-3)10-14-8-9-18(19(11-14)28-2)30-13-15-6-4-5-7-16(15)23/h4-11H,12-13H2,1-3H3/b17-10-. The van der Waals surface area contributed by atoms with Crippen LogP contribution in [0.5, 0.6) is 11.5 Å². The molecule has 7 nitrogen and oxygen atoms in total. The van der Waals surface area contributed by atoms with E-state index in [0.717, 1.165) is 0 Å². The van der Waals surface area contributed by atoms with Crippen LogP contribution in [0.15, 0.2) is 48.2 Å². The zero-order valence-corrected chi connectivity index (χ0v) is 18.1. The molecule has 0 N–H and O–H groups in total. The maximum atomic E-state index is 13.8. The van der Waals surface area contributed by atoms with Crippen LogP contribution in [0, 0.1) is 5.82 Å². The van der Waals surface area contributed by atoms with Crippen LogP contribution in [-0.2, 0) is 20.9 Å². The maximum absolute atomic E-state index is 13.8. The number of amides is 1. The molecule has 9 heteroatoms. The number of nitrogens with zero attached hydrogens (tertiary/aromatic N) is 2. The highest BCUT2D eigenvalue weighted by molar-refractivity contribution is 7.80. The van der Waals surface area contributed by atoms with E-state index in [2.05, 4.69) is 4.74 Å². The van der Waals surface area contributed by atoms with Crippen LogP contribution >= 0.6 is 12.2 Å². The first-order valence-corrected chi connectivity index (χ1v) is 9.68. The SMILES string of the molecule is COC(=O)CN1C(=O)/C(=C/c2ccc(OCc3ccccc3F)c(OC)c2)N(C)C1=S. The Morgan fingerprint density at radius 2 is 1.90 bits per heavy atom. The molecule has 1 aliphatic rings. The molecular weight excluding hydrogens is 423 g/mol. The number of benzene rings is 2. The highest BCUT2D eigenvalue weighted by atomic mass is 32.1. The zero-order chi connectivity index (χ0) is 22.5. The summed E-state index contributed by atoms with van der Waals surface area (Å²) in [5, 5.41) is 0.207. The third-order valence-corrected chi connectivity index (χ3v) is 5.18. The fourth-order valence-corrected chi connectivity index (χ4v) is 3.21. The van der Waals surface area contributed by atoms with Crippen molar-refractivity contribution in [1.29, 1.82) is 0 Å². The number of ether oxygens (including phenoxy) is 3. The Kier molecular flexibility index (Phi) is 6.86. The Labute approximate surface area is 184 Å². The molecule has 3 rings (SSSR count). The molecule has 162 valence electrons. The van der Waals surface area contributed by atoms with Crippen molar-refractivity contribution in [2.75, 3.05) is 27.8 Å². The second-order valence-electron chi connectivity index (χ2n) is 6.63. The summed E-state index contributed by atoms with van der Waals surface area (Å²) in [5.74, 6) is -0.465. The van der Waals surface area contributed by atoms with Gasteiger partial charge in [-0.15, -0.1) is 0 Å². The molecule has 2 aromatic carbocycles. The van der Waals surface area contributed by atoms with Crippen molar-refractivity contribution in [3.05, 3.63) is 65.1 Å². The third-order valence-electron chi connectivity index (χ3n) is 4.69. The summed E-state index contributed by atoms with van der Waals surface area (Å²) in [6.45, 7) is -0.219. The Balaban J connectivity index is 1.81. The van der Waals surface area contributed by atoms with E-state index in [1.54, 1.807) is 49.5 Å². The lowest BCUT2D eigenvalue weighted by Crippen LogP contribution is -2.36. The van der Waals surface area contributed by atoms with E-state index in [9.17, 15) is 14.0 Å². The molecule has 1 fully saturated rings. The molecule has 0 spiro atoms. The molecule has 1 saturated heterocycles. The molecule has 0 unspecified atom stereocenters. The van der Waals surface area contributed by atoms with Gasteiger partial charge in [-0.3, -0.25) is 14.5 Å². The summed E-state index contributed by atoms with van der Waals surface area (Å²) >= 11 is 5.27. The van der Waals surface area contributed by atoms with E-state index in [0.29, 0.717) is 28.3 Å². The van der Waals surface area contributed by atoms with Crippen LogP contribution in [-0.4, -0.2) is 54.6 Å². The molecular formula is C22H21FN2O5S. The lowest BCUT2D eigenvalue weighted by atomic mass is 10.1. The van der Waals surface area contributed by atoms with E-state index in [4.69, 9.17) is 21.7 Å². The van der Waals surface area contributed by atoms with Crippen LogP contribution < -0.4 is 9.47 Å². The predicted octanol–water partition coefficient (Wildman–Crippen LogP) is 2.99. The van der Waals surface area contributed by atoms with Gasteiger partial charge in [0.25, 0.3) is 5.91 Å². The van der Waals surface area contributed by atoms with Crippen molar-refractivity contribution in [1.82, 2.24) is 9.80 Å². The lowest BCUT2D eigenvalue weighted by molar-refractivity contribution is -0.143. The molecule has 1 heterocycles. The number of carbonyl (C=O) groups is 2. The Hall–Kier alpha value is -3.46. The Morgan fingerprint density at radius 1 is 1.16 bits per heavy atom. The first-order valence-electron chi connectivity index (χ1n) is 9.28. The summed E-state index contributed by atoms with van der Waals surface area (Å²) in [7, 11) is 4.38. The number of likely N-dealkylation sites (N-methyl/N-ethyl adjacent to an activating group) is 1. The van der Waals surface area contributed by atoms with Crippen molar-refractivity contribution in [3.63, 3.8) is 0 Å². The van der Waals surface area contributed by atoms with Crippen molar-refractivity contribution >= 4 is 35.3 Å². The molecule has 0 aliphatic carbocycles. The molecule has 0 aromatic heterocycles. The normalized spacial score (nSPS) is 14.9. The Morgan fingerprint density at radius 3 is 2.58 bits per heavy atom. The molecule has 0 saturated carbocycles. The summed E-state index contributed by atoms with van der Waals surface area (Å²) in [6, 6.07) is 11.5. The molecule has 0 radical (unpaired) electrons. The lowest BCUT2D eigenvalue weighted by Gasteiger charge is -2.14. The molecule has 1 amide bonds. The zero-order valence-electron chi connectivity index (χ0n) is 17.3. The van der Waals surface area contributed by atoms with Gasteiger partial charge in [0.05, 0.1) is 14.2 Å². The number of thiocarbonyl (C=S) groups is 1. The summed E-state index contributed by atoms with van der Waals surface area (Å²) in [5.41, 5.74) is 1.39. The fraction of sp³-hybridized carbons (Fsp3) is 0.227. The van der Waals surface area contributed by atoms with Crippen molar-refractivity contribution in [3.8, 4) is 11.5 Å². The highest BCUT2D eigenvalue weighted by Crippen LogP contribution is 2.31. The maximum Gasteiger partial charge on any atom is 0.325 e. The van der Waals surface area contributed by atoms with E-state index in [-0.39, 0.29) is 24.1 Å². The topological polar surface area (TPSA) is 68.3 Å². The van der Waals surface area contributed by atoms with Crippen LogP contribution in [0.4, 0.5) is 4.39 Å². The molecule has 0 bridgehead atoms. The quantitative estimate of drug-likeness (QED) is 0.369. The van der Waals surface area contributed by atoms with Gasteiger partial charge < -0.3 is 19.1 Å². The number of hydrogen-bond donors (Lipinski definition) is 0. The van der Waals surface area contributed by atoms with E-state index in [1.165, 1.54) is 30.1 Å². The van der Waals surface area contributed by atoms with Gasteiger partial charge in [-0.25, -0.2) is 4.39 Å². The number of rotatable bonds is 7. The fourth-order valence-electron chi connectivity index (χ4n) is 2.97. The average molecular weight is 444 g/mol. The number of halogens is 1. The van der Waals surface area contributed by atoms with Gasteiger partial charge in [-0.2, -0.15) is 0 Å². The largest absolute Gasteiger partial charge is 0.493 e. The van der Waals surface area contributed by atoms with Crippen LogP contribution in [0.25, 0.3) is 6.08 Å². The highest BCUT2D eigenvalue weighted by Gasteiger charge is 2.37. The first-order chi connectivity index (χ1) is 14.8. The van der Waals surface area contributed by atoms with E-state index in [1.807, 2.05) is 0 Å². The van der Waals surface area contributed by atoms with Crippen molar-refractivity contribution in [2.45, 2.75) is 6.61 Å². The van der Waals surface area contributed by atoms with E-state index < -0.39 is 11.9 Å². The van der Waals surface area contributed by atoms with Crippen LogP contribution in [0.3, 0.4) is 0 Å². The van der Waals surface area contributed by atoms with Crippen molar-refractivity contribution < 1.29 is 28.2 Å². The molecule has 1 aliphatic heterocycles. The van der Waals surface area contributed by atoms with Gasteiger partial charge in [0.15, 0.2) is 16.6 Å². The number of hydrogen-bond acceptors (Lipinski definition) is 6. The minimum Gasteiger partial charge on any atom is -0.493 e. The second-order valence-corrected chi connectivity index (χ2v) is 6.99. The molecule has 0 atom stereocenters. The van der Waals surface area contributed by atoms with Gasteiger partial charge in [0.1, 0.15) is 24.7 Å². The van der Waals surface area contributed by atoms with Crippen molar-refractivity contribution in [2.24, 2.45) is 0 Å². The number of carbonyl (C=O) groups excluding carboxylic acids is 2.